The van der Waals surface area contributed by atoms with Crippen molar-refractivity contribution in [1.29, 1.82) is 0 Å². The number of Topliss-reactive ketones (excluding diaryl/α,β-unsaturated/α-hetero) is 1. The maximum absolute atomic E-state index is 14.0. The number of halogens is 1. The lowest BCUT2D eigenvalue weighted by molar-refractivity contribution is -0.384. The average molecular weight is 472 g/mol. The number of carbonyl (C=O) groups is 2. The van der Waals surface area contributed by atoms with Gasteiger partial charge in [0, 0.05) is 24.7 Å². The number of non-ortho nitro benzene ring substituents is 1. The van der Waals surface area contributed by atoms with Crippen molar-refractivity contribution in [1.82, 2.24) is 20.1 Å². The molecular weight excluding hydrogens is 449 g/mol. The molecular formula is C22H22FN5O4S. The number of carbonyl (C=O) groups excluding carboxylic acids is 2. The Balaban J connectivity index is 1.73. The number of rotatable bonds is 9. The van der Waals surface area contributed by atoms with Gasteiger partial charge < -0.3 is 9.88 Å². The van der Waals surface area contributed by atoms with Crippen molar-refractivity contribution in [2.24, 2.45) is 13.0 Å². The Morgan fingerprint density at radius 3 is 2.58 bits per heavy atom. The fraction of sp³-hybridized carbons (Fsp3) is 0.273. The Bertz CT molecular complexity index is 1200. The summed E-state index contributed by atoms with van der Waals surface area (Å²) in [7, 11) is 1.71. The second kappa shape index (κ2) is 10.3. The van der Waals surface area contributed by atoms with Crippen LogP contribution in [0.15, 0.2) is 53.7 Å². The lowest BCUT2D eigenvalue weighted by Crippen LogP contribution is -2.34. The molecule has 1 atom stereocenters. The first-order valence-corrected chi connectivity index (χ1v) is 11.0. The molecule has 3 rings (SSSR count). The predicted octanol–water partition coefficient (Wildman–Crippen LogP) is 3.96. The zero-order valence-corrected chi connectivity index (χ0v) is 19.0. The van der Waals surface area contributed by atoms with E-state index < -0.39 is 22.7 Å². The number of ketones is 1. The topological polar surface area (TPSA) is 120 Å². The van der Waals surface area contributed by atoms with E-state index in [-0.39, 0.29) is 34.3 Å². The molecule has 11 heteroatoms. The van der Waals surface area contributed by atoms with Gasteiger partial charge in [-0.25, -0.2) is 4.39 Å². The van der Waals surface area contributed by atoms with Crippen LogP contribution in [0.5, 0.6) is 0 Å². The molecule has 1 N–H and O–H groups in total. The molecule has 0 unspecified atom stereocenters. The van der Waals surface area contributed by atoms with Gasteiger partial charge in [0.15, 0.2) is 16.8 Å². The second-order valence-corrected chi connectivity index (χ2v) is 8.54. The molecule has 1 aromatic heterocycles. The summed E-state index contributed by atoms with van der Waals surface area (Å²) in [5.74, 6) is -1.09. The Kier molecular flexibility index (Phi) is 7.54. The second-order valence-electron chi connectivity index (χ2n) is 7.59. The molecule has 0 saturated heterocycles. The SMILES string of the molecule is CC(C)[C@@H](NC(=O)c1ccccc1F)c1nnc(SCC(=O)c2cccc([N+](=O)[O-])c2)n1C. The fourth-order valence-corrected chi connectivity index (χ4v) is 3.94. The highest BCUT2D eigenvalue weighted by atomic mass is 32.2. The zero-order chi connectivity index (χ0) is 24.1. The first-order valence-electron chi connectivity index (χ1n) is 10.0. The van der Waals surface area contributed by atoms with Crippen molar-refractivity contribution in [3.05, 3.63) is 81.4 Å². The largest absolute Gasteiger partial charge is 0.342 e. The molecule has 172 valence electrons. The smallest absolute Gasteiger partial charge is 0.270 e. The lowest BCUT2D eigenvalue weighted by Gasteiger charge is -2.21. The van der Waals surface area contributed by atoms with Gasteiger partial charge in [0.25, 0.3) is 11.6 Å². The van der Waals surface area contributed by atoms with E-state index in [1.165, 1.54) is 42.5 Å². The van der Waals surface area contributed by atoms with Crippen LogP contribution in [0.3, 0.4) is 0 Å². The summed E-state index contributed by atoms with van der Waals surface area (Å²) >= 11 is 1.13. The van der Waals surface area contributed by atoms with Crippen LogP contribution in [0.1, 0.15) is 46.4 Å². The minimum Gasteiger partial charge on any atom is -0.342 e. The van der Waals surface area contributed by atoms with Gasteiger partial charge in [-0.15, -0.1) is 10.2 Å². The molecule has 0 bridgehead atoms. The zero-order valence-electron chi connectivity index (χ0n) is 18.2. The van der Waals surface area contributed by atoms with E-state index in [1.54, 1.807) is 17.7 Å². The summed E-state index contributed by atoms with van der Waals surface area (Å²) in [6.45, 7) is 3.78. The van der Waals surface area contributed by atoms with Crippen molar-refractivity contribution in [3.63, 3.8) is 0 Å². The van der Waals surface area contributed by atoms with Gasteiger partial charge in [0.1, 0.15) is 5.82 Å². The van der Waals surface area contributed by atoms with Crippen LogP contribution in [0.2, 0.25) is 0 Å². The van der Waals surface area contributed by atoms with Gasteiger partial charge in [-0.3, -0.25) is 19.7 Å². The standard InChI is InChI=1S/C22H22FN5O4S/c1-13(2)19(24-21(30)16-9-4-5-10-17(16)23)20-25-26-22(27(20)3)33-12-18(29)14-7-6-8-15(11-14)28(31)32/h4-11,13,19H,12H2,1-3H3,(H,24,30)/t19-/m1/s1. The van der Waals surface area contributed by atoms with E-state index in [0.717, 1.165) is 11.8 Å². The molecule has 0 radical (unpaired) electrons. The van der Waals surface area contributed by atoms with Crippen molar-refractivity contribution >= 4 is 29.1 Å². The van der Waals surface area contributed by atoms with E-state index in [2.05, 4.69) is 15.5 Å². The normalized spacial score (nSPS) is 11.9. The highest BCUT2D eigenvalue weighted by molar-refractivity contribution is 7.99. The number of nitrogens with one attached hydrogen (secondary N) is 1. The Morgan fingerprint density at radius 1 is 1.18 bits per heavy atom. The van der Waals surface area contributed by atoms with Gasteiger partial charge in [-0.05, 0) is 18.1 Å². The summed E-state index contributed by atoms with van der Waals surface area (Å²) < 4.78 is 15.7. The summed E-state index contributed by atoms with van der Waals surface area (Å²) in [5.41, 5.74) is 0.0101. The number of benzene rings is 2. The molecule has 2 aromatic carbocycles. The number of amides is 1. The van der Waals surface area contributed by atoms with Crippen molar-refractivity contribution in [2.75, 3.05) is 5.75 Å². The van der Waals surface area contributed by atoms with Crippen LogP contribution in [-0.2, 0) is 7.05 Å². The van der Waals surface area contributed by atoms with E-state index in [4.69, 9.17) is 0 Å². The maximum atomic E-state index is 14.0. The Labute approximate surface area is 193 Å². The lowest BCUT2D eigenvalue weighted by atomic mass is 10.0. The summed E-state index contributed by atoms with van der Waals surface area (Å²) in [6.07, 6.45) is 0. The van der Waals surface area contributed by atoms with Crippen molar-refractivity contribution in [2.45, 2.75) is 25.0 Å². The molecule has 0 aliphatic rings. The molecule has 0 aliphatic carbocycles. The molecule has 0 spiro atoms. The molecule has 1 amide bonds. The Morgan fingerprint density at radius 2 is 1.91 bits per heavy atom. The predicted molar refractivity (Wildman–Crippen MR) is 121 cm³/mol. The number of hydrogen-bond donors (Lipinski definition) is 1. The third-order valence-electron chi connectivity index (χ3n) is 4.93. The third kappa shape index (κ3) is 5.61. The van der Waals surface area contributed by atoms with Crippen LogP contribution in [-0.4, -0.2) is 37.1 Å². The highest BCUT2D eigenvalue weighted by Gasteiger charge is 2.26. The fourth-order valence-electron chi connectivity index (χ4n) is 3.12. The van der Waals surface area contributed by atoms with Crippen LogP contribution in [0, 0.1) is 21.8 Å². The monoisotopic (exact) mass is 471 g/mol. The van der Waals surface area contributed by atoms with Crippen molar-refractivity contribution < 1.29 is 18.9 Å². The number of nitro benzene ring substituents is 1. The minimum absolute atomic E-state index is 0.00106. The van der Waals surface area contributed by atoms with Gasteiger partial charge in [0.2, 0.25) is 0 Å². The van der Waals surface area contributed by atoms with Gasteiger partial charge in [-0.1, -0.05) is 49.9 Å². The minimum atomic E-state index is -0.619. The van der Waals surface area contributed by atoms with E-state index in [9.17, 15) is 24.1 Å². The maximum Gasteiger partial charge on any atom is 0.270 e. The molecule has 0 aliphatic heterocycles. The number of nitrogens with zero attached hydrogens (tertiary/aromatic N) is 4. The average Bonchev–Trinajstić information content (AvgIpc) is 3.15. The van der Waals surface area contributed by atoms with Crippen molar-refractivity contribution in [3.8, 4) is 0 Å². The quantitative estimate of drug-likeness (QED) is 0.217. The molecule has 33 heavy (non-hydrogen) atoms. The number of thioether (sulfide) groups is 1. The summed E-state index contributed by atoms with van der Waals surface area (Å²) in [5, 5.41) is 22.5. The summed E-state index contributed by atoms with van der Waals surface area (Å²) in [4.78, 5) is 35.5. The van der Waals surface area contributed by atoms with Gasteiger partial charge in [-0.2, -0.15) is 0 Å². The van der Waals surface area contributed by atoms with Crippen LogP contribution < -0.4 is 5.32 Å². The van der Waals surface area contributed by atoms with E-state index in [0.29, 0.717) is 11.0 Å². The highest BCUT2D eigenvalue weighted by Crippen LogP contribution is 2.25. The third-order valence-corrected chi connectivity index (χ3v) is 5.95. The molecule has 1 heterocycles. The molecule has 3 aromatic rings. The molecule has 0 fully saturated rings. The summed E-state index contributed by atoms with van der Waals surface area (Å²) in [6, 6.07) is 10.7. The molecule has 0 saturated carbocycles. The van der Waals surface area contributed by atoms with Crippen LogP contribution in [0.25, 0.3) is 0 Å². The van der Waals surface area contributed by atoms with Gasteiger partial charge in [0.05, 0.1) is 22.3 Å². The van der Waals surface area contributed by atoms with Crippen LogP contribution >= 0.6 is 11.8 Å². The van der Waals surface area contributed by atoms with Gasteiger partial charge >= 0.3 is 0 Å². The first-order chi connectivity index (χ1) is 15.7. The number of aromatic nitrogens is 3. The van der Waals surface area contributed by atoms with E-state index >= 15 is 0 Å². The van der Waals surface area contributed by atoms with Crippen LogP contribution in [0.4, 0.5) is 10.1 Å². The number of hydrogen-bond acceptors (Lipinski definition) is 7. The first kappa shape index (κ1) is 24.1. The van der Waals surface area contributed by atoms with E-state index in [1.807, 2.05) is 13.8 Å². The number of nitro groups is 1. The molecule has 9 nitrogen and oxygen atoms in total. The Hall–Kier alpha value is -3.60.